The number of amides is 1. The van der Waals surface area contributed by atoms with Gasteiger partial charge in [0.15, 0.2) is 0 Å². The van der Waals surface area contributed by atoms with Crippen LogP contribution in [0.1, 0.15) is 42.0 Å². The Labute approximate surface area is 181 Å². The Bertz CT molecular complexity index is 946. The lowest BCUT2D eigenvalue weighted by Gasteiger charge is -2.19. The van der Waals surface area contributed by atoms with Gasteiger partial charge in [0.2, 0.25) is 5.89 Å². The Kier molecular flexibility index (Phi) is 8.36. The van der Waals surface area contributed by atoms with E-state index in [1.54, 1.807) is 6.20 Å². The predicted molar refractivity (Wildman–Crippen MR) is 119 cm³/mol. The number of nitrogens with two attached hydrogens (primary N) is 1. The fourth-order valence-electron chi connectivity index (χ4n) is 3.02. The zero-order valence-electron chi connectivity index (χ0n) is 17.7. The molecule has 5 N–H and O–H groups in total. The second kappa shape index (κ2) is 11.7. The minimum Gasteiger partial charge on any atom is -0.397 e. The molecule has 1 unspecified atom stereocenters. The number of carbonyl (C=O) groups excluding carboxylic acids is 1. The topological polar surface area (TPSA) is 131 Å². The van der Waals surface area contributed by atoms with Crippen LogP contribution in [0.5, 0.6) is 0 Å². The molecule has 31 heavy (non-hydrogen) atoms. The number of rotatable bonds is 12. The average Bonchev–Trinajstić information content (AvgIpc) is 3.27. The minimum absolute atomic E-state index is 0.0293. The van der Waals surface area contributed by atoms with Gasteiger partial charge in [-0.25, -0.2) is 0 Å². The van der Waals surface area contributed by atoms with E-state index in [0.29, 0.717) is 31.4 Å². The van der Waals surface area contributed by atoms with Gasteiger partial charge in [0.25, 0.3) is 11.7 Å². The van der Waals surface area contributed by atoms with Gasteiger partial charge in [0.1, 0.15) is 0 Å². The molecular weight excluding hydrogens is 394 g/mol. The Hall–Kier alpha value is -3.46. The smallest absolute Gasteiger partial charge is 0.293 e. The van der Waals surface area contributed by atoms with Crippen molar-refractivity contribution >= 4 is 17.3 Å². The number of nitrogens with one attached hydrogen (secondary N) is 3. The first-order valence-electron chi connectivity index (χ1n) is 10.5. The predicted octanol–water partition coefficient (Wildman–Crippen LogP) is 2.39. The van der Waals surface area contributed by atoms with E-state index in [4.69, 9.17) is 10.3 Å². The number of aromatic nitrogens is 3. The van der Waals surface area contributed by atoms with Crippen LogP contribution >= 0.6 is 0 Å². The molecule has 0 aliphatic carbocycles. The number of pyridine rings is 1. The number of carbonyl (C=O) groups is 1. The monoisotopic (exact) mass is 423 g/mol. The van der Waals surface area contributed by atoms with Crippen LogP contribution < -0.4 is 21.7 Å². The van der Waals surface area contributed by atoms with Crippen molar-refractivity contribution in [3.8, 4) is 0 Å². The van der Waals surface area contributed by atoms with Gasteiger partial charge in [-0.15, -0.1) is 0 Å². The number of nitrogens with zero attached hydrogens (tertiary/aromatic N) is 3. The zero-order valence-corrected chi connectivity index (χ0v) is 17.7. The molecule has 9 nitrogen and oxygen atoms in total. The third-order valence-corrected chi connectivity index (χ3v) is 4.83. The van der Waals surface area contributed by atoms with Gasteiger partial charge >= 0.3 is 0 Å². The second-order valence-corrected chi connectivity index (χ2v) is 7.14. The highest BCUT2D eigenvalue weighted by Crippen LogP contribution is 2.19. The van der Waals surface area contributed by atoms with Crippen molar-refractivity contribution in [1.29, 1.82) is 0 Å². The number of benzene rings is 1. The van der Waals surface area contributed by atoms with E-state index in [1.807, 2.05) is 42.5 Å². The molecule has 0 radical (unpaired) electrons. The van der Waals surface area contributed by atoms with Crippen LogP contribution in [0.3, 0.4) is 0 Å². The molecule has 0 saturated heterocycles. The molecule has 2 heterocycles. The number of nitrogen functional groups attached to an aromatic ring is 1. The van der Waals surface area contributed by atoms with E-state index in [0.717, 1.165) is 36.5 Å². The van der Waals surface area contributed by atoms with Crippen molar-refractivity contribution < 1.29 is 9.32 Å². The van der Waals surface area contributed by atoms with E-state index < -0.39 is 0 Å². The lowest BCUT2D eigenvalue weighted by molar-refractivity contribution is 0.0937. The lowest BCUT2D eigenvalue weighted by Crippen LogP contribution is -2.27. The Morgan fingerprint density at radius 2 is 2.00 bits per heavy atom. The van der Waals surface area contributed by atoms with E-state index in [2.05, 4.69) is 38.0 Å². The Balaban J connectivity index is 1.35. The molecule has 0 aliphatic rings. The van der Waals surface area contributed by atoms with Crippen LogP contribution in [0, 0.1) is 0 Å². The SMILES string of the molecule is CCC(CCNCCc1nc(C(=O)NCc2ccccn2)no1)Nc1ccccc1N. The molecule has 0 spiro atoms. The summed E-state index contributed by atoms with van der Waals surface area (Å²) < 4.78 is 5.18. The zero-order chi connectivity index (χ0) is 21.9. The molecule has 0 saturated carbocycles. The summed E-state index contributed by atoms with van der Waals surface area (Å²) in [7, 11) is 0. The highest BCUT2D eigenvalue weighted by molar-refractivity contribution is 5.90. The first-order valence-corrected chi connectivity index (χ1v) is 10.5. The van der Waals surface area contributed by atoms with Crippen LogP contribution in [0.2, 0.25) is 0 Å². The number of hydrogen-bond acceptors (Lipinski definition) is 8. The normalized spacial score (nSPS) is 11.8. The lowest BCUT2D eigenvalue weighted by atomic mass is 10.1. The summed E-state index contributed by atoms with van der Waals surface area (Å²) in [6, 6.07) is 13.6. The summed E-state index contributed by atoms with van der Waals surface area (Å²) >= 11 is 0. The molecule has 1 amide bonds. The highest BCUT2D eigenvalue weighted by atomic mass is 16.5. The van der Waals surface area contributed by atoms with Crippen molar-refractivity contribution in [1.82, 2.24) is 25.8 Å². The summed E-state index contributed by atoms with van der Waals surface area (Å²) in [4.78, 5) is 20.5. The molecule has 3 rings (SSSR count). The Morgan fingerprint density at radius 3 is 2.77 bits per heavy atom. The van der Waals surface area contributed by atoms with Crippen LogP contribution in [-0.2, 0) is 13.0 Å². The maximum absolute atomic E-state index is 12.1. The fraction of sp³-hybridized carbons (Fsp3) is 0.364. The van der Waals surface area contributed by atoms with Crippen LogP contribution in [-0.4, -0.2) is 40.2 Å². The van der Waals surface area contributed by atoms with Crippen LogP contribution in [0.15, 0.2) is 53.2 Å². The van der Waals surface area contributed by atoms with E-state index in [-0.39, 0.29) is 11.7 Å². The molecule has 0 bridgehead atoms. The van der Waals surface area contributed by atoms with E-state index >= 15 is 0 Å². The maximum atomic E-state index is 12.1. The quantitative estimate of drug-likeness (QED) is 0.258. The average molecular weight is 424 g/mol. The second-order valence-electron chi connectivity index (χ2n) is 7.14. The largest absolute Gasteiger partial charge is 0.397 e. The highest BCUT2D eigenvalue weighted by Gasteiger charge is 2.14. The molecule has 164 valence electrons. The molecular formula is C22H29N7O2. The Morgan fingerprint density at radius 1 is 1.16 bits per heavy atom. The molecule has 1 aromatic carbocycles. The van der Waals surface area contributed by atoms with Gasteiger partial charge in [-0.05, 0) is 43.7 Å². The minimum atomic E-state index is -0.384. The summed E-state index contributed by atoms with van der Waals surface area (Å²) in [6.45, 7) is 3.98. The van der Waals surface area contributed by atoms with Crippen LogP contribution in [0.4, 0.5) is 11.4 Å². The van der Waals surface area contributed by atoms with Gasteiger partial charge in [-0.1, -0.05) is 30.3 Å². The van der Waals surface area contributed by atoms with Crippen molar-refractivity contribution in [2.75, 3.05) is 24.1 Å². The fourth-order valence-corrected chi connectivity index (χ4v) is 3.02. The standard InChI is InChI=1S/C22H29N7O2/c1-2-16(27-19-9-4-3-8-18(19)23)10-13-24-14-11-20-28-21(29-31-20)22(30)26-15-17-7-5-6-12-25-17/h3-9,12,16,24,27H,2,10-11,13-15,23H2,1H3,(H,26,30). The summed E-state index contributed by atoms with van der Waals surface area (Å²) in [5.41, 5.74) is 8.49. The third kappa shape index (κ3) is 7.07. The van der Waals surface area contributed by atoms with E-state index in [9.17, 15) is 4.79 Å². The van der Waals surface area contributed by atoms with Gasteiger partial charge in [0.05, 0.1) is 23.6 Å². The molecule has 1 atom stereocenters. The summed E-state index contributed by atoms with van der Waals surface area (Å²) in [5.74, 6) is 0.0741. The van der Waals surface area contributed by atoms with Crippen molar-refractivity contribution in [2.45, 2.75) is 38.8 Å². The van der Waals surface area contributed by atoms with Crippen molar-refractivity contribution in [3.63, 3.8) is 0 Å². The molecule has 3 aromatic rings. The first kappa shape index (κ1) is 22.2. The summed E-state index contributed by atoms with van der Waals surface area (Å²) in [6.07, 6.45) is 4.18. The van der Waals surface area contributed by atoms with Crippen molar-refractivity contribution in [2.24, 2.45) is 0 Å². The molecule has 0 aliphatic heterocycles. The van der Waals surface area contributed by atoms with E-state index in [1.165, 1.54) is 0 Å². The van der Waals surface area contributed by atoms with Gasteiger partial charge in [-0.2, -0.15) is 4.98 Å². The first-order chi connectivity index (χ1) is 15.2. The maximum Gasteiger partial charge on any atom is 0.293 e. The number of anilines is 2. The molecule has 2 aromatic heterocycles. The van der Waals surface area contributed by atoms with Crippen molar-refractivity contribution in [3.05, 3.63) is 66.1 Å². The number of para-hydroxylation sites is 2. The number of hydrogen-bond donors (Lipinski definition) is 4. The van der Waals surface area contributed by atoms with Crippen LogP contribution in [0.25, 0.3) is 0 Å². The van der Waals surface area contributed by atoms with Gasteiger partial charge < -0.3 is 26.2 Å². The summed E-state index contributed by atoms with van der Waals surface area (Å²) in [5, 5.41) is 13.4. The molecule has 9 heteroatoms. The third-order valence-electron chi connectivity index (χ3n) is 4.83. The van der Waals surface area contributed by atoms with Gasteiger partial charge in [-0.3, -0.25) is 9.78 Å². The van der Waals surface area contributed by atoms with Gasteiger partial charge in [0, 0.05) is 25.2 Å². The molecule has 0 fully saturated rings.